The largest absolute Gasteiger partial charge is 0.0619 e. The van der Waals surface area contributed by atoms with E-state index in [0.29, 0.717) is 0 Å². The Morgan fingerprint density at radius 1 is 0.250 bits per heavy atom. The number of benzene rings is 10. The lowest BCUT2D eigenvalue weighted by Crippen LogP contribution is -2.15. The van der Waals surface area contributed by atoms with E-state index in [2.05, 4.69) is 198 Å². The third-order valence-corrected chi connectivity index (χ3v) is 13.6. The molecule has 0 aliphatic heterocycles. The van der Waals surface area contributed by atoms with Gasteiger partial charge in [-0.3, -0.25) is 0 Å². The molecule has 0 nitrogen and oxygen atoms in total. The van der Waals surface area contributed by atoms with Crippen molar-refractivity contribution in [3.05, 3.63) is 192 Å². The van der Waals surface area contributed by atoms with Gasteiger partial charge in [0, 0.05) is 10.8 Å². The van der Waals surface area contributed by atoms with Crippen LogP contribution in [0.2, 0.25) is 0 Å². The van der Waals surface area contributed by atoms with Gasteiger partial charge >= 0.3 is 0 Å². The van der Waals surface area contributed by atoms with E-state index in [1.165, 1.54) is 121 Å². The highest BCUT2D eigenvalue weighted by atomic mass is 14.4. The van der Waals surface area contributed by atoms with Gasteiger partial charge in [0.1, 0.15) is 0 Å². The highest BCUT2D eigenvalue weighted by Gasteiger charge is 2.39. The van der Waals surface area contributed by atoms with Gasteiger partial charge in [0.05, 0.1) is 0 Å². The van der Waals surface area contributed by atoms with E-state index in [9.17, 15) is 0 Å². The number of fused-ring (bicyclic) bond motifs is 14. The topological polar surface area (TPSA) is 0 Å². The van der Waals surface area contributed by atoms with Gasteiger partial charge in [0.2, 0.25) is 0 Å². The molecule has 10 aromatic carbocycles. The van der Waals surface area contributed by atoms with Crippen LogP contribution >= 0.6 is 0 Å². The van der Waals surface area contributed by atoms with Crippen LogP contribution in [0, 0.1) is 0 Å². The molecule has 264 valence electrons. The molecule has 0 N–H and O–H groups in total. The SMILES string of the molecule is CC1(C)c2ccccc2-c2c1cc(-c1c3ccccc3c(-c3cc4c(c5ccccc35)-c3c(ccc5ccccc35)C4(C)C)c3ccccc13)c1ccccc21. The van der Waals surface area contributed by atoms with Crippen LogP contribution in [0.15, 0.2) is 170 Å². The molecule has 2 aliphatic rings. The second-order valence-electron chi connectivity index (χ2n) is 17.1. The molecular weight excluding hydrogens is 673 g/mol. The van der Waals surface area contributed by atoms with E-state index in [4.69, 9.17) is 0 Å². The van der Waals surface area contributed by atoms with Crippen LogP contribution in [-0.4, -0.2) is 0 Å². The van der Waals surface area contributed by atoms with E-state index in [1.54, 1.807) is 0 Å². The minimum absolute atomic E-state index is 0.116. The Kier molecular flexibility index (Phi) is 6.28. The van der Waals surface area contributed by atoms with Crippen LogP contribution in [0.3, 0.4) is 0 Å². The van der Waals surface area contributed by atoms with E-state index >= 15 is 0 Å². The van der Waals surface area contributed by atoms with Gasteiger partial charge in [-0.1, -0.05) is 185 Å². The predicted octanol–water partition coefficient (Wildman–Crippen LogP) is 15.4. The Morgan fingerprint density at radius 2 is 0.625 bits per heavy atom. The Balaban J connectivity index is 1.21. The van der Waals surface area contributed by atoms with Gasteiger partial charge in [0.15, 0.2) is 0 Å². The van der Waals surface area contributed by atoms with Crippen molar-refractivity contribution < 1.29 is 0 Å². The van der Waals surface area contributed by atoms with Crippen molar-refractivity contribution in [3.63, 3.8) is 0 Å². The lowest BCUT2D eigenvalue weighted by Gasteiger charge is -2.25. The fourth-order valence-corrected chi connectivity index (χ4v) is 11.0. The fourth-order valence-electron chi connectivity index (χ4n) is 11.0. The van der Waals surface area contributed by atoms with Crippen LogP contribution in [0.25, 0.3) is 98.4 Å². The van der Waals surface area contributed by atoms with Crippen molar-refractivity contribution in [3.8, 4) is 44.5 Å². The molecule has 0 amide bonds. The average molecular weight is 713 g/mol. The molecule has 0 aromatic heterocycles. The van der Waals surface area contributed by atoms with Crippen molar-refractivity contribution in [1.29, 1.82) is 0 Å². The molecule has 0 atom stereocenters. The van der Waals surface area contributed by atoms with Crippen LogP contribution in [0.5, 0.6) is 0 Å². The molecule has 10 aromatic rings. The van der Waals surface area contributed by atoms with Crippen molar-refractivity contribution in [2.45, 2.75) is 38.5 Å². The normalized spacial score (nSPS) is 14.7. The third-order valence-electron chi connectivity index (χ3n) is 13.6. The molecular formula is C56H40. The maximum absolute atomic E-state index is 2.56. The van der Waals surface area contributed by atoms with Gasteiger partial charge in [-0.25, -0.2) is 0 Å². The van der Waals surface area contributed by atoms with Crippen LogP contribution in [-0.2, 0) is 10.8 Å². The first-order chi connectivity index (χ1) is 27.3. The fraction of sp³-hybridized carbons (Fsp3) is 0.107. The Bertz CT molecular complexity index is 3300. The van der Waals surface area contributed by atoms with Crippen LogP contribution in [0.4, 0.5) is 0 Å². The van der Waals surface area contributed by atoms with Gasteiger partial charge in [-0.2, -0.15) is 0 Å². The van der Waals surface area contributed by atoms with Crippen molar-refractivity contribution in [2.24, 2.45) is 0 Å². The van der Waals surface area contributed by atoms with Crippen LogP contribution < -0.4 is 0 Å². The second kappa shape index (κ2) is 11.1. The maximum atomic E-state index is 2.56. The molecule has 0 spiro atoms. The monoisotopic (exact) mass is 712 g/mol. The first kappa shape index (κ1) is 31.8. The summed E-state index contributed by atoms with van der Waals surface area (Å²) in [6.45, 7) is 9.64. The number of rotatable bonds is 2. The zero-order valence-electron chi connectivity index (χ0n) is 32.2. The summed E-state index contributed by atoms with van der Waals surface area (Å²) >= 11 is 0. The molecule has 56 heavy (non-hydrogen) atoms. The van der Waals surface area contributed by atoms with Crippen molar-refractivity contribution in [1.82, 2.24) is 0 Å². The summed E-state index contributed by atoms with van der Waals surface area (Å²) in [6, 6.07) is 64.4. The summed E-state index contributed by atoms with van der Waals surface area (Å²) in [7, 11) is 0. The highest BCUT2D eigenvalue weighted by molar-refractivity contribution is 6.27. The lowest BCUT2D eigenvalue weighted by molar-refractivity contribution is 0.661. The molecule has 0 heterocycles. The molecule has 0 saturated carbocycles. The zero-order chi connectivity index (χ0) is 37.5. The van der Waals surface area contributed by atoms with Crippen LogP contribution in [0.1, 0.15) is 49.9 Å². The standard InChI is InChI=1S/C56H40/c1-55(2)46-28-16-15-27-43(46)52-37-21-9-7-19-35(37)44(31-48(52)55)50-39-23-11-13-25-41(39)51(42-26-14-12-24-40(42)50)45-32-49-54(38-22-10-8-20-36(38)45)53-34-18-6-5-17-33(34)29-30-47(53)56(49,3)4/h5-32H,1-4H3. The summed E-state index contributed by atoms with van der Waals surface area (Å²) in [6.07, 6.45) is 0. The molecule has 0 saturated heterocycles. The predicted molar refractivity (Wildman–Crippen MR) is 240 cm³/mol. The first-order valence-corrected chi connectivity index (χ1v) is 20.0. The Morgan fingerprint density at radius 3 is 1.18 bits per heavy atom. The molecule has 0 radical (unpaired) electrons. The summed E-state index contributed by atoms with van der Waals surface area (Å²) in [5.41, 5.74) is 16.1. The molecule has 12 rings (SSSR count). The van der Waals surface area contributed by atoms with Crippen molar-refractivity contribution >= 4 is 53.9 Å². The molecule has 0 bridgehead atoms. The van der Waals surface area contributed by atoms with E-state index in [-0.39, 0.29) is 10.8 Å². The Hall–Kier alpha value is -6.50. The maximum Gasteiger partial charge on any atom is 0.0159 e. The molecule has 2 aliphatic carbocycles. The Labute approximate surface area is 327 Å². The number of hydrogen-bond acceptors (Lipinski definition) is 0. The summed E-state index contributed by atoms with van der Waals surface area (Å²) in [5.74, 6) is 0. The summed E-state index contributed by atoms with van der Waals surface area (Å²) in [5, 5.41) is 13.0. The second-order valence-corrected chi connectivity index (χ2v) is 17.1. The zero-order valence-corrected chi connectivity index (χ0v) is 32.2. The number of hydrogen-bond donors (Lipinski definition) is 0. The quantitative estimate of drug-likeness (QED) is 0.157. The average Bonchev–Trinajstić information content (AvgIpc) is 3.62. The van der Waals surface area contributed by atoms with Gasteiger partial charge in [0.25, 0.3) is 0 Å². The highest BCUT2D eigenvalue weighted by Crippen LogP contribution is 2.58. The van der Waals surface area contributed by atoms with E-state index in [1.807, 2.05) is 0 Å². The van der Waals surface area contributed by atoms with E-state index in [0.717, 1.165) is 0 Å². The van der Waals surface area contributed by atoms with Gasteiger partial charge in [-0.15, -0.1) is 0 Å². The summed E-state index contributed by atoms with van der Waals surface area (Å²) < 4.78 is 0. The van der Waals surface area contributed by atoms with Gasteiger partial charge in [-0.05, 0) is 133 Å². The molecule has 0 unspecified atom stereocenters. The van der Waals surface area contributed by atoms with E-state index < -0.39 is 0 Å². The van der Waals surface area contributed by atoms with Crippen molar-refractivity contribution in [2.75, 3.05) is 0 Å². The smallest absolute Gasteiger partial charge is 0.0159 e. The minimum atomic E-state index is -0.160. The molecule has 0 heteroatoms. The van der Waals surface area contributed by atoms with Gasteiger partial charge < -0.3 is 0 Å². The molecule has 0 fully saturated rings. The lowest BCUT2D eigenvalue weighted by atomic mass is 9.77. The minimum Gasteiger partial charge on any atom is -0.0619 e. The first-order valence-electron chi connectivity index (χ1n) is 20.0. The summed E-state index contributed by atoms with van der Waals surface area (Å²) in [4.78, 5) is 0. The third kappa shape index (κ3) is 3.99.